The van der Waals surface area contributed by atoms with E-state index in [0.29, 0.717) is 17.2 Å². The van der Waals surface area contributed by atoms with Crippen molar-refractivity contribution < 1.29 is 0 Å². The lowest BCUT2D eigenvalue weighted by Crippen LogP contribution is -2.46. The third-order valence-corrected chi connectivity index (χ3v) is 4.71. The Hall–Kier alpha value is -0.680. The van der Waals surface area contributed by atoms with E-state index in [4.69, 9.17) is 17.3 Å². The summed E-state index contributed by atoms with van der Waals surface area (Å²) in [6, 6.07) is 6.97. The summed E-state index contributed by atoms with van der Waals surface area (Å²) in [5.41, 5.74) is 7.05. The van der Waals surface area contributed by atoms with Crippen LogP contribution in [0, 0.1) is 0 Å². The van der Waals surface area contributed by atoms with Gasteiger partial charge in [-0.1, -0.05) is 17.7 Å². The summed E-state index contributed by atoms with van der Waals surface area (Å²) < 4.78 is 0. The maximum absolute atomic E-state index is 5.98. The molecule has 0 aromatic carbocycles. The topological polar surface area (TPSA) is 45.4 Å². The number of hydrogen-bond acceptors (Lipinski definition) is 4. The highest BCUT2D eigenvalue weighted by Gasteiger charge is 2.29. The molecule has 1 aromatic rings. The fraction of sp³-hybridized carbons (Fsp3) is 0.667. The maximum atomic E-state index is 5.98. The molecule has 4 nitrogen and oxygen atoms in total. The minimum Gasteiger partial charge on any atom is -0.328 e. The lowest BCUT2D eigenvalue weighted by atomic mass is 10.0. The summed E-state index contributed by atoms with van der Waals surface area (Å²) in [6.45, 7) is 5.53. The predicted octanol–water partition coefficient (Wildman–Crippen LogP) is 1.73. The lowest BCUT2D eigenvalue weighted by molar-refractivity contribution is 0.151. The van der Waals surface area contributed by atoms with Crippen LogP contribution in [0.4, 0.5) is 0 Å². The average Bonchev–Trinajstić information content (AvgIpc) is 2.88. The zero-order valence-electron chi connectivity index (χ0n) is 11.8. The van der Waals surface area contributed by atoms with Crippen molar-refractivity contribution in [3.63, 3.8) is 0 Å². The van der Waals surface area contributed by atoms with Gasteiger partial charge in [0.05, 0.1) is 5.69 Å². The third-order valence-electron chi connectivity index (χ3n) is 4.50. The molecule has 0 bridgehead atoms. The van der Waals surface area contributed by atoms with Gasteiger partial charge in [-0.2, -0.15) is 0 Å². The van der Waals surface area contributed by atoms with Crippen LogP contribution in [0.1, 0.15) is 25.0 Å². The Labute approximate surface area is 125 Å². The first-order valence-electron chi connectivity index (χ1n) is 7.54. The number of piperidine rings is 1. The summed E-state index contributed by atoms with van der Waals surface area (Å²) in [4.78, 5) is 9.48. The molecule has 2 fully saturated rings. The average molecular weight is 295 g/mol. The fourth-order valence-corrected chi connectivity index (χ4v) is 3.49. The highest BCUT2D eigenvalue weighted by Crippen LogP contribution is 2.21. The van der Waals surface area contributed by atoms with Crippen LogP contribution < -0.4 is 5.73 Å². The molecule has 0 radical (unpaired) electrons. The van der Waals surface area contributed by atoms with E-state index in [1.54, 1.807) is 0 Å². The summed E-state index contributed by atoms with van der Waals surface area (Å²) in [5, 5.41) is 0.586. The van der Waals surface area contributed by atoms with Gasteiger partial charge in [-0.25, -0.2) is 4.98 Å². The molecule has 2 aliphatic heterocycles. The van der Waals surface area contributed by atoms with E-state index < -0.39 is 0 Å². The first kappa shape index (κ1) is 14.3. The predicted molar refractivity (Wildman–Crippen MR) is 81.7 cm³/mol. The molecule has 2 saturated heterocycles. The second-order valence-corrected chi connectivity index (χ2v) is 6.39. The van der Waals surface area contributed by atoms with Crippen LogP contribution in [0.2, 0.25) is 5.15 Å². The van der Waals surface area contributed by atoms with Crippen molar-refractivity contribution in [2.45, 2.75) is 37.9 Å². The maximum Gasteiger partial charge on any atom is 0.129 e. The van der Waals surface area contributed by atoms with Crippen LogP contribution >= 0.6 is 11.6 Å². The summed E-state index contributed by atoms with van der Waals surface area (Å²) >= 11 is 5.94. The van der Waals surface area contributed by atoms with Crippen molar-refractivity contribution in [2.24, 2.45) is 5.73 Å². The number of aromatic nitrogens is 1. The zero-order valence-corrected chi connectivity index (χ0v) is 12.6. The van der Waals surface area contributed by atoms with Gasteiger partial charge in [0.15, 0.2) is 0 Å². The molecule has 110 valence electrons. The second kappa shape index (κ2) is 6.39. The molecule has 1 atom stereocenters. The number of likely N-dealkylation sites (tertiary alicyclic amines) is 2. The first-order valence-corrected chi connectivity index (χ1v) is 7.92. The van der Waals surface area contributed by atoms with Crippen LogP contribution in [0.5, 0.6) is 0 Å². The summed E-state index contributed by atoms with van der Waals surface area (Å²) in [7, 11) is 0. The van der Waals surface area contributed by atoms with Crippen LogP contribution in [0.3, 0.4) is 0 Å². The van der Waals surface area contributed by atoms with Gasteiger partial charge in [-0.3, -0.25) is 9.80 Å². The monoisotopic (exact) mass is 294 g/mol. The van der Waals surface area contributed by atoms with Crippen LogP contribution in [0.15, 0.2) is 18.2 Å². The summed E-state index contributed by atoms with van der Waals surface area (Å²) in [5.74, 6) is 0. The van der Waals surface area contributed by atoms with Gasteiger partial charge in [0.2, 0.25) is 0 Å². The molecule has 0 amide bonds. The van der Waals surface area contributed by atoms with E-state index in [-0.39, 0.29) is 0 Å². The number of halogens is 1. The molecule has 2 N–H and O–H groups in total. The van der Waals surface area contributed by atoms with Gasteiger partial charge in [-0.15, -0.1) is 0 Å². The Morgan fingerprint density at radius 1 is 1.20 bits per heavy atom. The van der Waals surface area contributed by atoms with Gasteiger partial charge in [0, 0.05) is 31.7 Å². The van der Waals surface area contributed by atoms with Crippen molar-refractivity contribution >= 4 is 11.6 Å². The van der Waals surface area contributed by atoms with E-state index in [1.807, 2.05) is 12.1 Å². The Balaban J connectivity index is 1.52. The molecule has 0 spiro atoms. The Kier molecular flexibility index (Phi) is 4.56. The molecule has 3 rings (SSSR count). The fourth-order valence-electron chi connectivity index (χ4n) is 3.31. The molecule has 0 aliphatic carbocycles. The molecule has 5 heteroatoms. The smallest absolute Gasteiger partial charge is 0.129 e. The molecule has 3 heterocycles. The summed E-state index contributed by atoms with van der Waals surface area (Å²) in [6.07, 6.45) is 3.55. The van der Waals surface area contributed by atoms with Crippen LogP contribution in [-0.2, 0) is 6.54 Å². The Morgan fingerprint density at radius 2 is 2.00 bits per heavy atom. The molecular formula is C15H23ClN4. The highest BCUT2D eigenvalue weighted by molar-refractivity contribution is 6.29. The molecule has 1 unspecified atom stereocenters. The number of nitrogens with zero attached hydrogens (tertiary/aromatic N) is 3. The van der Waals surface area contributed by atoms with Gasteiger partial charge in [0.25, 0.3) is 0 Å². The SMILES string of the molecule is NC1CCN(C2CCN(Cc3cccc(Cl)n3)C2)CC1. The zero-order chi connectivity index (χ0) is 13.9. The quantitative estimate of drug-likeness (QED) is 0.863. The van der Waals surface area contributed by atoms with Crippen LogP contribution in [-0.4, -0.2) is 53.0 Å². The van der Waals surface area contributed by atoms with E-state index in [0.717, 1.165) is 51.3 Å². The van der Waals surface area contributed by atoms with Crippen molar-refractivity contribution in [3.05, 3.63) is 29.0 Å². The minimum absolute atomic E-state index is 0.416. The third kappa shape index (κ3) is 3.50. The number of rotatable bonds is 3. The van der Waals surface area contributed by atoms with Crippen molar-refractivity contribution in [2.75, 3.05) is 26.2 Å². The van der Waals surface area contributed by atoms with Gasteiger partial charge < -0.3 is 5.73 Å². The number of pyridine rings is 1. The van der Waals surface area contributed by atoms with Crippen LogP contribution in [0.25, 0.3) is 0 Å². The van der Waals surface area contributed by atoms with E-state index in [1.165, 1.54) is 6.42 Å². The molecular weight excluding hydrogens is 272 g/mol. The number of nitrogens with two attached hydrogens (primary N) is 1. The minimum atomic E-state index is 0.416. The Bertz CT molecular complexity index is 445. The second-order valence-electron chi connectivity index (χ2n) is 6.00. The highest BCUT2D eigenvalue weighted by atomic mass is 35.5. The normalized spacial score (nSPS) is 26.2. The first-order chi connectivity index (χ1) is 9.70. The molecule has 20 heavy (non-hydrogen) atoms. The van der Waals surface area contributed by atoms with Gasteiger partial charge in [-0.05, 0) is 44.5 Å². The van der Waals surface area contributed by atoms with E-state index in [9.17, 15) is 0 Å². The van der Waals surface area contributed by atoms with E-state index >= 15 is 0 Å². The van der Waals surface area contributed by atoms with E-state index in [2.05, 4.69) is 20.9 Å². The van der Waals surface area contributed by atoms with Crippen molar-refractivity contribution in [3.8, 4) is 0 Å². The molecule has 1 aromatic heterocycles. The Morgan fingerprint density at radius 3 is 2.75 bits per heavy atom. The van der Waals surface area contributed by atoms with Gasteiger partial charge >= 0.3 is 0 Å². The van der Waals surface area contributed by atoms with Gasteiger partial charge in [0.1, 0.15) is 5.15 Å². The number of hydrogen-bond donors (Lipinski definition) is 1. The molecule has 0 saturated carbocycles. The standard InChI is InChI=1S/C15H23ClN4/c16-15-3-1-2-13(18-15)10-19-7-6-14(11-19)20-8-4-12(17)5-9-20/h1-3,12,14H,4-11,17H2. The lowest BCUT2D eigenvalue weighted by Gasteiger charge is -2.34. The molecule has 2 aliphatic rings. The largest absolute Gasteiger partial charge is 0.328 e. The van der Waals surface area contributed by atoms with Crippen molar-refractivity contribution in [1.29, 1.82) is 0 Å². The van der Waals surface area contributed by atoms with Crippen molar-refractivity contribution in [1.82, 2.24) is 14.8 Å².